The van der Waals surface area contributed by atoms with E-state index < -0.39 is 6.10 Å². The van der Waals surface area contributed by atoms with Gasteiger partial charge in [0.25, 0.3) is 11.8 Å². The van der Waals surface area contributed by atoms with Crippen molar-refractivity contribution >= 4 is 23.2 Å². The number of hydrogen-bond acceptors (Lipinski definition) is 5. The molecule has 2 aromatic carbocycles. The largest absolute Gasteiger partial charge is 0.483 e. The lowest BCUT2D eigenvalue weighted by molar-refractivity contribution is -0.125. The van der Waals surface area contributed by atoms with Gasteiger partial charge in [-0.3, -0.25) is 9.59 Å². The second kappa shape index (κ2) is 10.3. The maximum atomic E-state index is 12.9. The number of carbonyl (C=O) groups excluding carboxylic acids is 2. The minimum absolute atomic E-state index is 0.0544. The number of amides is 2. The number of nitrogens with one attached hydrogen (secondary N) is 1. The Morgan fingerprint density at radius 2 is 1.88 bits per heavy atom. The number of rotatable bonds is 7. The molecular formula is C26H33N3O4. The maximum absolute atomic E-state index is 12.9. The number of nitrogens with zero attached hydrogens (tertiary/aromatic N) is 2. The number of aryl methyl sites for hydroxylation is 2. The smallest absolute Gasteiger partial charge is 0.267 e. The summed E-state index contributed by atoms with van der Waals surface area (Å²) in [6, 6.07) is 11.3. The van der Waals surface area contributed by atoms with Gasteiger partial charge in [0.05, 0.1) is 5.69 Å². The van der Waals surface area contributed by atoms with Crippen molar-refractivity contribution in [2.75, 3.05) is 43.0 Å². The first-order chi connectivity index (χ1) is 15.9. The van der Waals surface area contributed by atoms with Crippen molar-refractivity contribution in [3.05, 3.63) is 47.5 Å². The molecule has 176 valence electrons. The minimum atomic E-state index is -0.523. The van der Waals surface area contributed by atoms with E-state index in [9.17, 15) is 9.59 Å². The van der Waals surface area contributed by atoms with Gasteiger partial charge in [0, 0.05) is 18.8 Å². The Morgan fingerprint density at radius 3 is 2.67 bits per heavy atom. The summed E-state index contributed by atoms with van der Waals surface area (Å²) in [4.78, 5) is 29.6. The third-order valence-corrected chi connectivity index (χ3v) is 6.24. The van der Waals surface area contributed by atoms with Crippen LogP contribution in [0.3, 0.4) is 0 Å². The van der Waals surface area contributed by atoms with Crippen molar-refractivity contribution in [2.24, 2.45) is 0 Å². The first-order valence-corrected chi connectivity index (χ1v) is 11.7. The summed E-state index contributed by atoms with van der Waals surface area (Å²) in [5, 5.41) is 2.88. The Morgan fingerprint density at radius 1 is 1.09 bits per heavy atom. The zero-order valence-corrected chi connectivity index (χ0v) is 19.7. The Bertz CT molecular complexity index is 1020. The van der Waals surface area contributed by atoms with Gasteiger partial charge in [-0.2, -0.15) is 0 Å². The van der Waals surface area contributed by atoms with E-state index in [1.54, 1.807) is 17.9 Å². The van der Waals surface area contributed by atoms with Crippen molar-refractivity contribution in [3.63, 3.8) is 0 Å². The van der Waals surface area contributed by atoms with E-state index in [1.165, 1.54) is 19.3 Å². The highest BCUT2D eigenvalue weighted by molar-refractivity contribution is 6.01. The van der Waals surface area contributed by atoms with Gasteiger partial charge in [-0.15, -0.1) is 0 Å². The summed E-state index contributed by atoms with van der Waals surface area (Å²) in [6.07, 6.45) is 3.18. The predicted octanol–water partition coefficient (Wildman–Crippen LogP) is 3.92. The van der Waals surface area contributed by atoms with Crippen LogP contribution in [-0.2, 0) is 9.59 Å². The quantitative estimate of drug-likeness (QED) is 0.691. The molecule has 1 unspecified atom stereocenters. The second-order valence-corrected chi connectivity index (χ2v) is 8.94. The van der Waals surface area contributed by atoms with Crippen LogP contribution in [0.4, 0.5) is 11.4 Å². The number of anilines is 2. The molecule has 1 saturated heterocycles. The predicted molar refractivity (Wildman–Crippen MR) is 129 cm³/mol. The van der Waals surface area contributed by atoms with Gasteiger partial charge in [0.1, 0.15) is 11.5 Å². The molecule has 2 amide bonds. The van der Waals surface area contributed by atoms with E-state index in [2.05, 4.69) is 10.2 Å². The molecule has 1 fully saturated rings. The summed E-state index contributed by atoms with van der Waals surface area (Å²) >= 11 is 0. The first-order valence-electron chi connectivity index (χ1n) is 11.7. The fourth-order valence-corrected chi connectivity index (χ4v) is 4.34. The summed E-state index contributed by atoms with van der Waals surface area (Å²) in [5.41, 5.74) is 3.37. The molecule has 33 heavy (non-hydrogen) atoms. The van der Waals surface area contributed by atoms with Gasteiger partial charge in [-0.05, 0) is 82.1 Å². The van der Waals surface area contributed by atoms with Crippen LogP contribution in [0.5, 0.6) is 11.5 Å². The number of carbonyl (C=O) groups is 2. The summed E-state index contributed by atoms with van der Waals surface area (Å²) in [7, 11) is 0. The maximum Gasteiger partial charge on any atom is 0.267 e. The Balaban J connectivity index is 1.42. The molecule has 2 aliphatic heterocycles. The number of likely N-dealkylation sites (tertiary alicyclic amines) is 1. The SMILES string of the molecule is Cc1ccc(C)c(OCC(=O)Nc2ccc3c(c2)N(CCN2CCCCC2)C(=O)C(C)O3)c1. The zero-order chi connectivity index (χ0) is 23.4. The van der Waals surface area contributed by atoms with Gasteiger partial charge < -0.3 is 24.6 Å². The van der Waals surface area contributed by atoms with Gasteiger partial charge in [0.15, 0.2) is 12.7 Å². The highest BCUT2D eigenvalue weighted by Gasteiger charge is 2.32. The molecule has 2 aromatic rings. The van der Waals surface area contributed by atoms with E-state index in [-0.39, 0.29) is 18.4 Å². The molecule has 2 aliphatic rings. The van der Waals surface area contributed by atoms with Crippen LogP contribution in [0.2, 0.25) is 0 Å². The fourth-order valence-electron chi connectivity index (χ4n) is 4.34. The summed E-state index contributed by atoms with van der Waals surface area (Å²) < 4.78 is 11.5. The van der Waals surface area contributed by atoms with E-state index in [0.717, 1.165) is 30.8 Å². The highest BCUT2D eigenvalue weighted by atomic mass is 16.5. The van der Waals surface area contributed by atoms with Gasteiger partial charge in [-0.25, -0.2) is 0 Å². The fraction of sp³-hybridized carbons (Fsp3) is 0.462. The Kier molecular flexibility index (Phi) is 7.18. The third-order valence-electron chi connectivity index (χ3n) is 6.24. The average Bonchev–Trinajstić information content (AvgIpc) is 2.81. The summed E-state index contributed by atoms with van der Waals surface area (Å²) in [6.45, 7) is 9.22. The second-order valence-electron chi connectivity index (χ2n) is 8.94. The molecular weight excluding hydrogens is 418 g/mol. The van der Waals surface area contributed by atoms with Gasteiger partial charge >= 0.3 is 0 Å². The number of piperidine rings is 1. The van der Waals surface area contributed by atoms with Crippen molar-refractivity contribution in [3.8, 4) is 11.5 Å². The molecule has 0 saturated carbocycles. The van der Waals surface area contributed by atoms with Crippen LogP contribution in [0, 0.1) is 13.8 Å². The van der Waals surface area contributed by atoms with Crippen LogP contribution in [0.25, 0.3) is 0 Å². The highest BCUT2D eigenvalue weighted by Crippen LogP contribution is 2.36. The zero-order valence-electron chi connectivity index (χ0n) is 19.7. The molecule has 1 atom stereocenters. The van der Waals surface area contributed by atoms with Crippen molar-refractivity contribution < 1.29 is 19.1 Å². The molecule has 0 aliphatic carbocycles. The lowest BCUT2D eigenvalue weighted by atomic mass is 10.1. The first kappa shape index (κ1) is 23.1. The van der Waals surface area contributed by atoms with Crippen LogP contribution < -0.4 is 19.7 Å². The summed E-state index contributed by atoms with van der Waals surface area (Å²) in [5.74, 6) is 1.05. The van der Waals surface area contributed by atoms with Crippen molar-refractivity contribution in [1.29, 1.82) is 0 Å². The third kappa shape index (κ3) is 5.66. The minimum Gasteiger partial charge on any atom is -0.483 e. The van der Waals surface area contributed by atoms with Crippen LogP contribution in [0.15, 0.2) is 36.4 Å². The topological polar surface area (TPSA) is 71.1 Å². The van der Waals surface area contributed by atoms with Gasteiger partial charge in [0.2, 0.25) is 0 Å². The Labute approximate surface area is 195 Å². The lowest BCUT2D eigenvalue weighted by Gasteiger charge is -2.35. The lowest BCUT2D eigenvalue weighted by Crippen LogP contribution is -2.48. The number of benzene rings is 2. The molecule has 4 rings (SSSR count). The molecule has 7 heteroatoms. The molecule has 0 spiro atoms. The van der Waals surface area contributed by atoms with Crippen LogP contribution in [-0.4, -0.2) is 55.6 Å². The number of fused-ring (bicyclic) bond motifs is 1. The molecule has 7 nitrogen and oxygen atoms in total. The molecule has 0 aromatic heterocycles. The van der Waals surface area contributed by atoms with E-state index >= 15 is 0 Å². The van der Waals surface area contributed by atoms with Crippen LogP contribution >= 0.6 is 0 Å². The van der Waals surface area contributed by atoms with E-state index in [4.69, 9.17) is 9.47 Å². The standard InChI is InChI=1S/C26H33N3O4/c1-18-7-8-19(2)24(15-18)32-17-25(30)27-21-9-10-23-22(16-21)29(26(31)20(3)33-23)14-13-28-11-5-4-6-12-28/h7-10,15-16,20H,4-6,11-14,17H2,1-3H3,(H,27,30). The van der Waals surface area contributed by atoms with Gasteiger partial charge in [-0.1, -0.05) is 18.6 Å². The monoisotopic (exact) mass is 451 g/mol. The molecule has 0 bridgehead atoms. The van der Waals surface area contributed by atoms with E-state index in [0.29, 0.717) is 29.4 Å². The Hall–Kier alpha value is -3.06. The van der Waals surface area contributed by atoms with E-state index in [1.807, 2.05) is 44.2 Å². The van der Waals surface area contributed by atoms with Crippen molar-refractivity contribution in [2.45, 2.75) is 46.1 Å². The average molecular weight is 452 g/mol. The molecule has 2 heterocycles. The molecule has 0 radical (unpaired) electrons. The van der Waals surface area contributed by atoms with Crippen molar-refractivity contribution in [1.82, 2.24) is 4.90 Å². The number of hydrogen-bond donors (Lipinski definition) is 1. The van der Waals surface area contributed by atoms with Crippen LogP contribution in [0.1, 0.15) is 37.3 Å². The normalized spacial score (nSPS) is 18.5. The molecule has 1 N–H and O–H groups in total. The number of ether oxygens (including phenoxy) is 2.